The molecular weight excluding hydrogens is 182 g/mol. The smallest absolute Gasteiger partial charge is 0.0911 e. The Balaban J connectivity index is 4.70. The summed E-state index contributed by atoms with van der Waals surface area (Å²) < 4.78 is 1.13. The normalized spacial score (nSPS) is 17.6. The minimum Gasteiger partial charge on any atom is -0.326 e. The molecular formula is C14H32N+. The molecule has 0 heterocycles. The van der Waals surface area contributed by atoms with Crippen LogP contribution in [0.4, 0.5) is 0 Å². The zero-order valence-corrected chi connectivity index (χ0v) is 12.2. The molecule has 1 heteroatoms. The van der Waals surface area contributed by atoms with Crippen molar-refractivity contribution in [2.45, 2.75) is 60.4 Å². The molecule has 0 rings (SSSR count). The molecule has 0 aromatic heterocycles. The summed E-state index contributed by atoms with van der Waals surface area (Å²) in [6.07, 6.45) is 2.65. The van der Waals surface area contributed by atoms with Crippen molar-refractivity contribution in [3.8, 4) is 0 Å². The highest BCUT2D eigenvalue weighted by Crippen LogP contribution is 2.37. The summed E-state index contributed by atoms with van der Waals surface area (Å²) in [6, 6.07) is 0.712. The average molecular weight is 214 g/mol. The van der Waals surface area contributed by atoms with Crippen LogP contribution in [0, 0.1) is 11.3 Å². The maximum absolute atomic E-state index is 2.44. The maximum atomic E-state index is 2.44. The highest BCUT2D eigenvalue weighted by atomic mass is 15.3. The third-order valence-electron chi connectivity index (χ3n) is 4.93. The Kier molecular flexibility index (Phi) is 5.32. The summed E-state index contributed by atoms with van der Waals surface area (Å²) in [5.74, 6) is 0.807. The van der Waals surface area contributed by atoms with Crippen LogP contribution in [0.1, 0.15) is 54.4 Å². The molecule has 0 fully saturated rings. The quantitative estimate of drug-likeness (QED) is 0.588. The van der Waals surface area contributed by atoms with Gasteiger partial charge in [-0.25, -0.2) is 0 Å². The van der Waals surface area contributed by atoms with Crippen LogP contribution < -0.4 is 0 Å². The van der Waals surface area contributed by atoms with Crippen molar-refractivity contribution in [2.75, 3.05) is 20.6 Å². The second-order valence-electron chi connectivity index (χ2n) is 6.28. The fourth-order valence-corrected chi connectivity index (χ4v) is 2.39. The van der Waals surface area contributed by atoms with E-state index >= 15 is 0 Å². The van der Waals surface area contributed by atoms with Crippen molar-refractivity contribution >= 4 is 0 Å². The predicted octanol–water partition coefficient (Wildman–Crippen LogP) is 3.93. The van der Waals surface area contributed by atoms with Crippen LogP contribution >= 0.6 is 0 Å². The average Bonchev–Trinajstić information content (AvgIpc) is 2.17. The largest absolute Gasteiger partial charge is 0.326 e. The molecule has 0 saturated heterocycles. The van der Waals surface area contributed by atoms with E-state index in [2.05, 4.69) is 55.6 Å². The molecule has 0 aliphatic carbocycles. The van der Waals surface area contributed by atoms with Gasteiger partial charge in [-0.2, -0.15) is 0 Å². The molecule has 2 unspecified atom stereocenters. The first-order valence-corrected chi connectivity index (χ1v) is 6.52. The summed E-state index contributed by atoms with van der Waals surface area (Å²) in [5.41, 5.74) is 0.426. The van der Waals surface area contributed by atoms with Gasteiger partial charge in [-0.3, -0.25) is 0 Å². The van der Waals surface area contributed by atoms with Gasteiger partial charge in [-0.05, 0) is 19.8 Å². The topological polar surface area (TPSA) is 0 Å². The monoisotopic (exact) mass is 214 g/mol. The van der Waals surface area contributed by atoms with Crippen molar-refractivity contribution in [2.24, 2.45) is 11.3 Å². The molecule has 0 bridgehead atoms. The van der Waals surface area contributed by atoms with Gasteiger partial charge in [0.2, 0.25) is 0 Å². The number of quaternary nitrogens is 1. The van der Waals surface area contributed by atoms with Crippen LogP contribution in [0.5, 0.6) is 0 Å². The molecule has 0 aromatic carbocycles. The van der Waals surface area contributed by atoms with Gasteiger partial charge in [-0.15, -0.1) is 0 Å². The first-order valence-electron chi connectivity index (χ1n) is 6.52. The van der Waals surface area contributed by atoms with E-state index in [1.807, 2.05) is 0 Å². The Bertz CT molecular complexity index is 182. The van der Waals surface area contributed by atoms with E-state index in [9.17, 15) is 0 Å². The lowest BCUT2D eigenvalue weighted by molar-refractivity contribution is -0.919. The standard InChI is InChI=1S/C14H32N/c1-9-11-12(3)14(5,6)13(4)15(7,8)10-2/h12-13H,9-11H2,1-8H3/q+1. The van der Waals surface area contributed by atoms with Crippen LogP contribution in [-0.4, -0.2) is 31.2 Å². The second-order valence-corrected chi connectivity index (χ2v) is 6.28. The third-order valence-corrected chi connectivity index (χ3v) is 4.93. The lowest BCUT2D eigenvalue weighted by atomic mass is 9.71. The molecule has 0 N–H and O–H groups in total. The van der Waals surface area contributed by atoms with Crippen LogP contribution in [0.15, 0.2) is 0 Å². The van der Waals surface area contributed by atoms with E-state index in [4.69, 9.17) is 0 Å². The van der Waals surface area contributed by atoms with Crippen LogP contribution in [-0.2, 0) is 0 Å². The predicted molar refractivity (Wildman–Crippen MR) is 70.0 cm³/mol. The number of hydrogen-bond donors (Lipinski definition) is 0. The minimum atomic E-state index is 0.426. The molecule has 0 spiro atoms. The number of rotatable bonds is 6. The first-order chi connectivity index (χ1) is 6.70. The van der Waals surface area contributed by atoms with Gasteiger partial charge in [-0.1, -0.05) is 40.5 Å². The maximum Gasteiger partial charge on any atom is 0.0911 e. The van der Waals surface area contributed by atoms with Crippen molar-refractivity contribution in [3.63, 3.8) is 0 Å². The molecule has 2 atom stereocenters. The Morgan fingerprint density at radius 2 is 1.53 bits per heavy atom. The summed E-state index contributed by atoms with van der Waals surface area (Å²) in [6.45, 7) is 15.5. The lowest BCUT2D eigenvalue weighted by Gasteiger charge is -2.46. The van der Waals surface area contributed by atoms with Crippen LogP contribution in [0.25, 0.3) is 0 Å². The van der Waals surface area contributed by atoms with Gasteiger partial charge >= 0.3 is 0 Å². The number of hydrogen-bond acceptors (Lipinski definition) is 0. The molecule has 0 aliphatic heterocycles. The summed E-state index contributed by atoms with van der Waals surface area (Å²) in [4.78, 5) is 0. The fourth-order valence-electron chi connectivity index (χ4n) is 2.39. The van der Waals surface area contributed by atoms with E-state index < -0.39 is 0 Å². The van der Waals surface area contributed by atoms with E-state index in [-0.39, 0.29) is 0 Å². The number of nitrogens with zero attached hydrogens (tertiary/aromatic N) is 1. The minimum absolute atomic E-state index is 0.426. The highest BCUT2D eigenvalue weighted by Gasteiger charge is 2.40. The molecule has 0 amide bonds. The van der Waals surface area contributed by atoms with E-state index in [0.29, 0.717) is 11.5 Å². The Labute approximate surface area is 97.5 Å². The van der Waals surface area contributed by atoms with Gasteiger partial charge in [0.05, 0.1) is 26.7 Å². The Morgan fingerprint density at radius 3 is 1.87 bits per heavy atom. The zero-order valence-electron chi connectivity index (χ0n) is 12.2. The molecule has 0 aliphatic rings. The van der Waals surface area contributed by atoms with Crippen molar-refractivity contribution in [1.82, 2.24) is 0 Å². The zero-order chi connectivity index (χ0) is 12.3. The van der Waals surface area contributed by atoms with Crippen LogP contribution in [0.2, 0.25) is 0 Å². The van der Waals surface area contributed by atoms with Gasteiger partial charge < -0.3 is 4.48 Å². The third kappa shape index (κ3) is 3.48. The van der Waals surface area contributed by atoms with Gasteiger partial charge in [0.1, 0.15) is 0 Å². The summed E-state index contributed by atoms with van der Waals surface area (Å²) in [7, 11) is 4.70. The molecule has 0 aromatic rings. The molecule has 15 heavy (non-hydrogen) atoms. The van der Waals surface area contributed by atoms with Crippen molar-refractivity contribution < 1.29 is 4.48 Å². The summed E-state index contributed by atoms with van der Waals surface area (Å²) in [5, 5.41) is 0. The molecule has 1 nitrogen and oxygen atoms in total. The Morgan fingerprint density at radius 1 is 1.07 bits per heavy atom. The van der Waals surface area contributed by atoms with Gasteiger partial charge in [0, 0.05) is 5.41 Å². The Hall–Kier alpha value is -0.0400. The van der Waals surface area contributed by atoms with Gasteiger partial charge in [0.15, 0.2) is 0 Å². The van der Waals surface area contributed by atoms with Crippen LogP contribution in [0.3, 0.4) is 0 Å². The lowest BCUT2D eigenvalue weighted by Crippen LogP contribution is -2.55. The second kappa shape index (κ2) is 5.34. The fraction of sp³-hybridized carbons (Fsp3) is 1.00. The van der Waals surface area contributed by atoms with E-state index in [1.54, 1.807) is 0 Å². The first kappa shape index (κ1) is 15.0. The van der Waals surface area contributed by atoms with E-state index in [0.717, 1.165) is 10.4 Å². The molecule has 0 saturated carbocycles. The molecule has 0 radical (unpaired) electrons. The van der Waals surface area contributed by atoms with E-state index in [1.165, 1.54) is 19.4 Å². The SMILES string of the molecule is CCCC(C)C(C)(C)C(C)[N+](C)(C)CC. The highest BCUT2D eigenvalue weighted by molar-refractivity contribution is 4.81. The van der Waals surface area contributed by atoms with Gasteiger partial charge in [0.25, 0.3) is 0 Å². The van der Waals surface area contributed by atoms with Crippen molar-refractivity contribution in [1.29, 1.82) is 0 Å². The van der Waals surface area contributed by atoms with Crippen molar-refractivity contribution in [3.05, 3.63) is 0 Å². The molecule has 92 valence electrons. The summed E-state index contributed by atoms with van der Waals surface area (Å²) >= 11 is 0.